The van der Waals surface area contributed by atoms with Crippen molar-refractivity contribution in [2.75, 3.05) is 46.9 Å². The van der Waals surface area contributed by atoms with Gasteiger partial charge in [0.25, 0.3) is 0 Å². The van der Waals surface area contributed by atoms with Crippen molar-refractivity contribution >= 4 is 29.2 Å². The first-order valence-corrected chi connectivity index (χ1v) is 16.2. The van der Waals surface area contributed by atoms with Crippen LogP contribution in [0.25, 0.3) is 17.2 Å². The molecule has 6 rings (SSSR count). The van der Waals surface area contributed by atoms with E-state index in [1.807, 2.05) is 13.0 Å². The molecule has 1 aromatic heterocycles. The number of benzene rings is 2. The van der Waals surface area contributed by atoms with Crippen molar-refractivity contribution in [2.24, 2.45) is 0 Å². The lowest BCUT2D eigenvalue weighted by atomic mass is 10.00. The van der Waals surface area contributed by atoms with Gasteiger partial charge in [-0.25, -0.2) is 14.2 Å². The molecule has 0 atom stereocenters. The zero-order valence-electron chi connectivity index (χ0n) is 27.1. The number of carbonyl (C=O) groups excluding carboxylic acids is 2. The second-order valence-corrected chi connectivity index (χ2v) is 12.2. The maximum absolute atomic E-state index is 14.4. The minimum Gasteiger partial charge on any atom is -0.493 e. The molecule has 3 aliphatic rings. The van der Waals surface area contributed by atoms with E-state index in [2.05, 4.69) is 15.2 Å². The fraction of sp³-hybridized carbons (Fsp3) is 0.417. The van der Waals surface area contributed by atoms with Gasteiger partial charge in [0.2, 0.25) is 11.7 Å². The molecule has 2 amide bonds. The Morgan fingerprint density at radius 1 is 1.02 bits per heavy atom. The van der Waals surface area contributed by atoms with Crippen molar-refractivity contribution in [3.63, 3.8) is 0 Å². The largest absolute Gasteiger partial charge is 0.493 e. The number of methoxy groups -OCH3 is 2. The van der Waals surface area contributed by atoms with E-state index >= 15 is 0 Å². The number of nitrogens with one attached hydrogen (secondary N) is 1. The maximum atomic E-state index is 14.4. The average molecular weight is 645 g/mol. The Morgan fingerprint density at radius 2 is 1.74 bits per heavy atom. The van der Waals surface area contributed by atoms with Crippen LogP contribution in [0.4, 0.5) is 9.18 Å². The number of ether oxygens (including phenoxy) is 3. The summed E-state index contributed by atoms with van der Waals surface area (Å²) in [4.78, 5) is 34.2. The van der Waals surface area contributed by atoms with Crippen LogP contribution < -0.4 is 19.5 Å². The van der Waals surface area contributed by atoms with Crippen molar-refractivity contribution < 1.29 is 32.6 Å². The number of oxazole rings is 1. The number of aromatic nitrogens is 1. The molecule has 3 heterocycles. The molecular weight excluding hydrogens is 603 g/mol. The molecule has 0 unspecified atom stereocenters. The molecule has 1 aliphatic carbocycles. The van der Waals surface area contributed by atoms with E-state index in [0.717, 1.165) is 53.8 Å². The maximum Gasteiger partial charge on any atom is 0.415 e. The van der Waals surface area contributed by atoms with E-state index in [4.69, 9.17) is 18.6 Å². The van der Waals surface area contributed by atoms with Gasteiger partial charge in [0.15, 0.2) is 17.9 Å². The zero-order chi connectivity index (χ0) is 32.9. The van der Waals surface area contributed by atoms with Gasteiger partial charge in [-0.1, -0.05) is 12.5 Å². The standard InChI is InChI=1S/C36H41FN4O6/c1-23-29(28-8-7-25(37)18-30(28)31(23)20-38-34(42)19-26-21-46-22-39-26)15-24-16-32(44-2)35(33(17-24)45-3)47-36(43)41-13-9-27(10-14-41)40-11-5-4-6-12-40/h7-8,15-18,21-22,27H,4-6,9-14,19-20H2,1-3H3,(H,38,42)/b29-15-. The summed E-state index contributed by atoms with van der Waals surface area (Å²) in [5.74, 6) is 0.339. The van der Waals surface area contributed by atoms with Crippen LogP contribution in [0.15, 0.2) is 53.0 Å². The van der Waals surface area contributed by atoms with Crippen LogP contribution in [0.5, 0.6) is 17.2 Å². The number of piperidine rings is 2. The lowest BCUT2D eigenvalue weighted by Gasteiger charge is -2.39. The normalized spacial score (nSPS) is 18.0. The second kappa shape index (κ2) is 14.4. The van der Waals surface area contributed by atoms with Crippen LogP contribution in [-0.4, -0.2) is 79.8 Å². The number of carbonyl (C=O) groups is 2. The minimum atomic E-state index is -0.425. The molecule has 11 heteroatoms. The van der Waals surface area contributed by atoms with Gasteiger partial charge < -0.3 is 33.7 Å². The molecular formula is C36H41FN4O6. The quantitative estimate of drug-likeness (QED) is 0.304. The molecule has 0 bridgehead atoms. The molecule has 248 valence electrons. The Morgan fingerprint density at radius 3 is 2.40 bits per heavy atom. The van der Waals surface area contributed by atoms with Gasteiger partial charge in [-0.2, -0.15) is 0 Å². The Kier molecular flexibility index (Phi) is 9.91. The number of hydrogen-bond acceptors (Lipinski definition) is 8. The Hall–Kier alpha value is -4.64. The van der Waals surface area contributed by atoms with Crippen molar-refractivity contribution in [2.45, 2.75) is 51.5 Å². The number of fused-ring (bicyclic) bond motifs is 1. The summed E-state index contributed by atoms with van der Waals surface area (Å²) in [6, 6.07) is 8.73. The van der Waals surface area contributed by atoms with Gasteiger partial charge in [-0.3, -0.25) is 4.79 Å². The summed E-state index contributed by atoms with van der Waals surface area (Å²) < 4.78 is 36.7. The molecule has 2 aromatic carbocycles. The summed E-state index contributed by atoms with van der Waals surface area (Å²) in [5.41, 5.74) is 5.39. The first kappa shape index (κ1) is 32.3. The molecule has 0 radical (unpaired) electrons. The van der Waals surface area contributed by atoms with Gasteiger partial charge in [-0.15, -0.1) is 0 Å². The van der Waals surface area contributed by atoms with Crippen LogP contribution in [0.1, 0.15) is 61.4 Å². The van der Waals surface area contributed by atoms with E-state index in [9.17, 15) is 14.0 Å². The number of likely N-dealkylation sites (tertiary alicyclic amines) is 2. The van der Waals surface area contributed by atoms with Crippen LogP contribution in [-0.2, 0) is 11.2 Å². The lowest BCUT2D eigenvalue weighted by Crippen LogP contribution is -2.48. The minimum absolute atomic E-state index is 0.0783. The highest BCUT2D eigenvalue weighted by Gasteiger charge is 2.30. The highest BCUT2D eigenvalue weighted by Crippen LogP contribution is 2.44. The Balaban J connectivity index is 1.20. The number of nitrogens with zero attached hydrogens (tertiary/aromatic N) is 3. The number of halogens is 1. The van der Waals surface area contributed by atoms with Gasteiger partial charge in [-0.05, 0) is 109 Å². The van der Waals surface area contributed by atoms with Gasteiger partial charge >= 0.3 is 6.09 Å². The van der Waals surface area contributed by atoms with Crippen molar-refractivity contribution in [3.8, 4) is 17.2 Å². The number of hydrogen-bond donors (Lipinski definition) is 1. The van der Waals surface area contributed by atoms with Gasteiger partial charge in [0.1, 0.15) is 12.1 Å². The SMILES string of the molecule is COc1cc(/C=C2/C(C)=C(CNC(=O)Cc3cocn3)c3cc(F)ccc32)cc(OC)c1OC(=O)N1CCC(N2CCCCC2)CC1. The molecule has 2 saturated heterocycles. The predicted octanol–water partition coefficient (Wildman–Crippen LogP) is 5.97. The molecule has 3 aromatic rings. The van der Waals surface area contributed by atoms with Crippen molar-refractivity contribution in [3.05, 3.63) is 76.8 Å². The third kappa shape index (κ3) is 7.20. The van der Waals surface area contributed by atoms with E-state index in [0.29, 0.717) is 41.9 Å². The summed E-state index contributed by atoms with van der Waals surface area (Å²) in [6.45, 7) is 5.74. The molecule has 47 heavy (non-hydrogen) atoms. The first-order valence-electron chi connectivity index (χ1n) is 16.2. The van der Waals surface area contributed by atoms with Crippen LogP contribution in [0.2, 0.25) is 0 Å². The molecule has 0 spiro atoms. The third-order valence-corrected chi connectivity index (χ3v) is 9.35. The van der Waals surface area contributed by atoms with E-state index in [1.165, 1.54) is 58.3 Å². The molecule has 2 fully saturated rings. The topological polar surface area (TPSA) is 106 Å². The number of rotatable bonds is 9. The molecule has 10 nitrogen and oxygen atoms in total. The summed E-state index contributed by atoms with van der Waals surface area (Å²) in [5, 5.41) is 2.92. The molecule has 0 saturated carbocycles. The third-order valence-electron chi connectivity index (χ3n) is 9.35. The first-order chi connectivity index (χ1) is 22.8. The molecule has 2 aliphatic heterocycles. The monoisotopic (exact) mass is 644 g/mol. The fourth-order valence-electron chi connectivity index (χ4n) is 6.82. The second-order valence-electron chi connectivity index (χ2n) is 12.2. The summed E-state index contributed by atoms with van der Waals surface area (Å²) in [7, 11) is 3.04. The highest BCUT2D eigenvalue weighted by molar-refractivity contribution is 6.06. The van der Waals surface area contributed by atoms with Crippen LogP contribution >= 0.6 is 0 Å². The van der Waals surface area contributed by atoms with E-state index in [-0.39, 0.29) is 30.4 Å². The lowest BCUT2D eigenvalue weighted by molar-refractivity contribution is -0.120. The number of allylic oxidation sites excluding steroid dienone is 2. The Bertz CT molecular complexity index is 1650. The predicted molar refractivity (Wildman–Crippen MR) is 176 cm³/mol. The fourth-order valence-corrected chi connectivity index (χ4v) is 6.82. The van der Waals surface area contributed by atoms with Crippen LogP contribution in [0.3, 0.4) is 0 Å². The van der Waals surface area contributed by atoms with Gasteiger partial charge in [0, 0.05) is 25.7 Å². The smallest absolute Gasteiger partial charge is 0.415 e. The molecule has 1 N–H and O–H groups in total. The Labute approximate surface area is 274 Å². The number of amides is 2. The van der Waals surface area contributed by atoms with Crippen molar-refractivity contribution in [1.82, 2.24) is 20.1 Å². The highest BCUT2D eigenvalue weighted by atomic mass is 19.1. The van der Waals surface area contributed by atoms with Gasteiger partial charge in [0.05, 0.1) is 26.3 Å². The zero-order valence-corrected chi connectivity index (χ0v) is 27.1. The van der Waals surface area contributed by atoms with Crippen molar-refractivity contribution in [1.29, 1.82) is 0 Å². The summed E-state index contributed by atoms with van der Waals surface area (Å²) >= 11 is 0. The van der Waals surface area contributed by atoms with E-state index < -0.39 is 6.09 Å². The van der Waals surface area contributed by atoms with E-state index in [1.54, 1.807) is 23.1 Å². The average Bonchev–Trinajstić information content (AvgIpc) is 3.69. The summed E-state index contributed by atoms with van der Waals surface area (Å²) in [6.07, 6.45) is 9.99. The van der Waals surface area contributed by atoms with Crippen LogP contribution in [0, 0.1) is 5.82 Å².